The fourth-order valence-corrected chi connectivity index (χ4v) is 0.452. The summed E-state index contributed by atoms with van der Waals surface area (Å²) in [6.07, 6.45) is 1.55. The molecular formula is C5H8N2O2. The second kappa shape index (κ2) is 2.99. The van der Waals surface area contributed by atoms with E-state index >= 15 is 0 Å². The Labute approximate surface area is 52.2 Å². The molecule has 0 aliphatic rings. The summed E-state index contributed by atoms with van der Waals surface area (Å²) < 4.78 is 0. The first-order valence-electron chi connectivity index (χ1n) is 2.31. The second-order valence-electron chi connectivity index (χ2n) is 1.53. The van der Waals surface area contributed by atoms with Gasteiger partial charge in [0.2, 0.25) is 0 Å². The summed E-state index contributed by atoms with van der Waals surface area (Å²) in [6, 6.07) is 1.64. The van der Waals surface area contributed by atoms with Crippen molar-refractivity contribution in [2.24, 2.45) is 0 Å². The SMILES string of the molecule is CC(=O)c1ccn[nH]1.O. The van der Waals surface area contributed by atoms with Crippen LogP contribution in [0.2, 0.25) is 0 Å². The van der Waals surface area contributed by atoms with Crippen LogP contribution in [0.4, 0.5) is 0 Å². The van der Waals surface area contributed by atoms with Crippen molar-refractivity contribution in [1.82, 2.24) is 10.2 Å². The number of aromatic amines is 1. The van der Waals surface area contributed by atoms with Crippen molar-refractivity contribution in [2.75, 3.05) is 0 Å². The Kier molecular flexibility index (Phi) is 2.60. The van der Waals surface area contributed by atoms with Gasteiger partial charge < -0.3 is 5.48 Å². The maximum atomic E-state index is 10.4. The first-order chi connectivity index (χ1) is 3.80. The average Bonchev–Trinajstić information content (AvgIpc) is 2.12. The first-order valence-corrected chi connectivity index (χ1v) is 2.31. The summed E-state index contributed by atoms with van der Waals surface area (Å²) in [6.45, 7) is 1.49. The lowest BCUT2D eigenvalue weighted by Gasteiger charge is -1.80. The number of carbonyl (C=O) groups excluding carboxylic acids is 1. The van der Waals surface area contributed by atoms with Crippen LogP contribution in [0, 0.1) is 0 Å². The van der Waals surface area contributed by atoms with Crippen LogP contribution in [-0.2, 0) is 0 Å². The highest BCUT2D eigenvalue weighted by atomic mass is 16.1. The van der Waals surface area contributed by atoms with Crippen LogP contribution in [0.3, 0.4) is 0 Å². The minimum absolute atomic E-state index is 0. The van der Waals surface area contributed by atoms with Crippen LogP contribution < -0.4 is 0 Å². The highest BCUT2D eigenvalue weighted by Crippen LogP contribution is 1.90. The summed E-state index contributed by atoms with van der Waals surface area (Å²) >= 11 is 0. The molecule has 9 heavy (non-hydrogen) atoms. The molecule has 3 N–H and O–H groups in total. The van der Waals surface area contributed by atoms with E-state index in [0.29, 0.717) is 5.69 Å². The van der Waals surface area contributed by atoms with Gasteiger partial charge in [0, 0.05) is 13.1 Å². The summed E-state index contributed by atoms with van der Waals surface area (Å²) in [7, 11) is 0. The van der Waals surface area contributed by atoms with Crippen molar-refractivity contribution in [3.8, 4) is 0 Å². The van der Waals surface area contributed by atoms with Crippen LogP contribution in [0.15, 0.2) is 12.3 Å². The summed E-state index contributed by atoms with van der Waals surface area (Å²) in [5, 5.41) is 6.13. The molecule has 0 radical (unpaired) electrons. The van der Waals surface area contributed by atoms with E-state index in [-0.39, 0.29) is 11.3 Å². The lowest BCUT2D eigenvalue weighted by atomic mass is 10.3. The summed E-state index contributed by atoms with van der Waals surface area (Å²) in [4.78, 5) is 10.4. The Morgan fingerprint density at radius 2 is 2.44 bits per heavy atom. The van der Waals surface area contributed by atoms with Crippen LogP contribution in [0.5, 0.6) is 0 Å². The Balaban J connectivity index is 0.000000640. The lowest BCUT2D eigenvalue weighted by Crippen LogP contribution is -1.90. The number of H-pyrrole nitrogens is 1. The molecule has 0 amide bonds. The molecule has 0 atom stereocenters. The molecule has 0 unspecified atom stereocenters. The molecule has 0 spiro atoms. The predicted molar refractivity (Wildman–Crippen MR) is 32.2 cm³/mol. The number of hydrogen-bond donors (Lipinski definition) is 1. The molecule has 0 saturated carbocycles. The van der Waals surface area contributed by atoms with Crippen LogP contribution in [0.25, 0.3) is 0 Å². The lowest BCUT2D eigenvalue weighted by molar-refractivity contribution is 0.101. The fraction of sp³-hybridized carbons (Fsp3) is 0.200. The minimum Gasteiger partial charge on any atom is -0.412 e. The minimum atomic E-state index is 0. The van der Waals surface area contributed by atoms with Gasteiger partial charge in [-0.1, -0.05) is 0 Å². The van der Waals surface area contributed by atoms with Gasteiger partial charge in [-0.3, -0.25) is 9.89 Å². The molecular weight excluding hydrogens is 120 g/mol. The van der Waals surface area contributed by atoms with Crippen molar-refractivity contribution in [2.45, 2.75) is 6.92 Å². The fourth-order valence-electron chi connectivity index (χ4n) is 0.452. The van der Waals surface area contributed by atoms with Crippen molar-refractivity contribution >= 4 is 5.78 Å². The number of Topliss-reactive ketones (excluding diaryl/α,β-unsaturated/α-hetero) is 1. The molecule has 0 saturated heterocycles. The summed E-state index contributed by atoms with van der Waals surface area (Å²) in [5.41, 5.74) is 0.560. The van der Waals surface area contributed by atoms with Crippen molar-refractivity contribution in [3.05, 3.63) is 18.0 Å². The monoisotopic (exact) mass is 128 g/mol. The molecule has 4 nitrogen and oxygen atoms in total. The third-order valence-electron chi connectivity index (χ3n) is 0.880. The van der Waals surface area contributed by atoms with Crippen LogP contribution >= 0.6 is 0 Å². The van der Waals surface area contributed by atoms with Gasteiger partial charge in [-0.25, -0.2) is 0 Å². The molecule has 0 aliphatic carbocycles. The zero-order valence-corrected chi connectivity index (χ0v) is 5.01. The average molecular weight is 128 g/mol. The van der Waals surface area contributed by atoms with Gasteiger partial charge >= 0.3 is 0 Å². The van der Waals surface area contributed by atoms with E-state index in [1.165, 1.54) is 6.92 Å². The van der Waals surface area contributed by atoms with Crippen LogP contribution in [-0.4, -0.2) is 21.5 Å². The maximum absolute atomic E-state index is 10.4. The number of aromatic nitrogens is 2. The number of nitrogens with one attached hydrogen (secondary N) is 1. The van der Waals surface area contributed by atoms with Crippen LogP contribution in [0.1, 0.15) is 17.4 Å². The molecule has 50 valence electrons. The third-order valence-corrected chi connectivity index (χ3v) is 0.880. The number of carbonyl (C=O) groups is 1. The van der Waals surface area contributed by atoms with Gasteiger partial charge in [-0.05, 0) is 6.07 Å². The van der Waals surface area contributed by atoms with E-state index in [2.05, 4.69) is 10.2 Å². The highest BCUT2D eigenvalue weighted by Gasteiger charge is 1.95. The third kappa shape index (κ3) is 1.65. The first kappa shape index (κ1) is 7.84. The van der Waals surface area contributed by atoms with E-state index in [4.69, 9.17) is 0 Å². The van der Waals surface area contributed by atoms with E-state index in [0.717, 1.165) is 0 Å². The Morgan fingerprint density at radius 3 is 2.67 bits per heavy atom. The van der Waals surface area contributed by atoms with E-state index in [9.17, 15) is 4.79 Å². The molecule has 1 aromatic rings. The molecule has 0 bridgehead atoms. The molecule has 0 aliphatic heterocycles. The van der Waals surface area contributed by atoms with E-state index < -0.39 is 0 Å². The normalized spacial score (nSPS) is 8.11. The molecule has 1 heterocycles. The number of rotatable bonds is 1. The van der Waals surface area contributed by atoms with Crippen molar-refractivity contribution in [3.63, 3.8) is 0 Å². The zero-order valence-electron chi connectivity index (χ0n) is 5.01. The van der Waals surface area contributed by atoms with E-state index in [1.54, 1.807) is 12.3 Å². The number of ketones is 1. The maximum Gasteiger partial charge on any atom is 0.177 e. The quantitative estimate of drug-likeness (QED) is 0.531. The number of hydrogen-bond acceptors (Lipinski definition) is 2. The zero-order chi connectivity index (χ0) is 5.98. The van der Waals surface area contributed by atoms with Crippen molar-refractivity contribution < 1.29 is 10.3 Å². The standard InChI is InChI=1S/C5H6N2O.H2O/c1-4(8)5-2-3-6-7-5;/h2-3H,1H3,(H,6,7);1H2. The molecule has 1 rings (SSSR count). The predicted octanol–water partition coefficient (Wildman–Crippen LogP) is -0.212. The number of nitrogens with zero attached hydrogens (tertiary/aromatic N) is 1. The van der Waals surface area contributed by atoms with Gasteiger partial charge in [-0.2, -0.15) is 5.10 Å². The Morgan fingerprint density at radius 1 is 1.78 bits per heavy atom. The Bertz CT molecular complexity index is 181. The van der Waals surface area contributed by atoms with E-state index in [1.807, 2.05) is 0 Å². The van der Waals surface area contributed by atoms with Gasteiger partial charge in [0.05, 0.1) is 0 Å². The second-order valence-corrected chi connectivity index (χ2v) is 1.53. The summed E-state index contributed by atoms with van der Waals surface area (Å²) in [5.74, 6) is 0.0162. The van der Waals surface area contributed by atoms with Gasteiger partial charge in [0.15, 0.2) is 5.78 Å². The molecule has 1 aromatic heterocycles. The van der Waals surface area contributed by atoms with Gasteiger partial charge in [-0.15, -0.1) is 0 Å². The molecule has 0 aromatic carbocycles. The Hall–Kier alpha value is -1.16. The van der Waals surface area contributed by atoms with Gasteiger partial charge in [0.1, 0.15) is 5.69 Å². The smallest absolute Gasteiger partial charge is 0.177 e. The molecule has 0 fully saturated rings. The largest absolute Gasteiger partial charge is 0.412 e. The van der Waals surface area contributed by atoms with Crippen molar-refractivity contribution in [1.29, 1.82) is 0 Å². The highest BCUT2D eigenvalue weighted by molar-refractivity contribution is 5.91. The molecule has 4 heteroatoms. The van der Waals surface area contributed by atoms with Gasteiger partial charge in [0.25, 0.3) is 0 Å². The topological polar surface area (TPSA) is 77.2 Å².